The van der Waals surface area contributed by atoms with E-state index in [1.54, 1.807) is 0 Å². The highest BCUT2D eigenvalue weighted by Crippen LogP contribution is 2.41. The van der Waals surface area contributed by atoms with E-state index in [0.29, 0.717) is 6.54 Å². The van der Waals surface area contributed by atoms with Crippen molar-refractivity contribution >= 4 is 0 Å². The lowest BCUT2D eigenvalue weighted by molar-refractivity contribution is 0.0520. The molecule has 0 aliphatic heterocycles. The Labute approximate surface area is 137 Å². The van der Waals surface area contributed by atoms with Gasteiger partial charge in [-0.25, -0.2) is 0 Å². The summed E-state index contributed by atoms with van der Waals surface area (Å²) in [6.07, 6.45) is 0. The predicted octanol–water partition coefficient (Wildman–Crippen LogP) is 3.67. The quantitative estimate of drug-likeness (QED) is 0.755. The first-order chi connectivity index (χ1) is 11.3. The normalized spacial score (nSPS) is 12.8. The van der Waals surface area contributed by atoms with E-state index in [1.807, 2.05) is 91.0 Å². The smallest absolute Gasteiger partial charge is 0.123 e. The molecule has 0 bridgehead atoms. The number of hydrogen-bond acceptors (Lipinski definition) is 2. The third-order valence-electron chi connectivity index (χ3n) is 4.37. The molecule has 3 rings (SSSR count). The Morgan fingerprint density at radius 3 is 1.48 bits per heavy atom. The summed E-state index contributed by atoms with van der Waals surface area (Å²) < 4.78 is 0. The van der Waals surface area contributed by atoms with E-state index >= 15 is 0 Å². The highest BCUT2D eigenvalue weighted by Gasteiger charge is 2.40. The van der Waals surface area contributed by atoms with Crippen molar-refractivity contribution in [2.75, 3.05) is 6.54 Å². The topological polar surface area (TPSA) is 46.2 Å². The Morgan fingerprint density at radius 1 is 0.696 bits per heavy atom. The van der Waals surface area contributed by atoms with E-state index in [9.17, 15) is 5.11 Å². The van der Waals surface area contributed by atoms with Crippen molar-refractivity contribution in [3.8, 4) is 0 Å². The molecular weight excluding hydrogens is 282 g/mol. The maximum atomic E-state index is 11.8. The first-order valence-corrected chi connectivity index (χ1v) is 7.85. The minimum atomic E-state index is -1.17. The second-order valence-corrected chi connectivity index (χ2v) is 5.70. The Kier molecular flexibility index (Phi) is 4.56. The molecule has 0 aromatic heterocycles. The average Bonchev–Trinajstić information content (AvgIpc) is 2.64. The van der Waals surface area contributed by atoms with Crippen molar-refractivity contribution < 1.29 is 5.11 Å². The number of aliphatic hydroxyl groups is 1. The van der Waals surface area contributed by atoms with Gasteiger partial charge in [-0.3, -0.25) is 0 Å². The summed E-state index contributed by atoms with van der Waals surface area (Å²) >= 11 is 0. The zero-order valence-corrected chi connectivity index (χ0v) is 13.0. The fraction of sp³-hybridized carbons (Fsp3) is 0.143. The molecule has 0 heterocycles. The summed E-state index contributed by atoms with van der Waals surface area (Å²) in [4.78, 5) is 0. The molecule has 23 heavy (non-hydrogen) atoms. The maximum Gasteiger partial charge on any atom is 0.123 e. The summed E-state index contributed by atoms with van der Waals surface area (Å²) in [6.45, 7) is 0.351. The van der Waals surface area contributed by atoms with Crippen LogP contribution in [0.5, 0.6) is 0 Å². The molecule has 0 saturated heterocycles. The second-order valence-electron chi connectivity index (χ2n) is 5.70. The van der Waals surface area contributed by atoms with Crippen LogP contribution in [0.3, 0.4) is 0 Å². The van der Waals surface area contributed by atoms with Crippen molar-refractivity contribution in [1.82, 2.24) is 0 Å². The molecule has 1 atom stereocenters. The third-order valence-corrected chi connectivity index (χ3v) is 4.37. The van der Waals surface area contributed by atoms with Crippen molar-refractivity contribution in [1.29, 1.82) is 0 Å². The van der Waals surface area contributed by atoms with Gasteiger partial charge in [0.2, 0.25) is 0 Å². The Balaban J connectivity index is 2.19. The van der Waals surface area contributed by atoms with Crippen LogP contribution >= 0.6 is 0 Å². The van der Waals surface area contributed by atoms with Crippen LogP contribution in [0.25, 0.3) is 0 Å². The van der Waals surface area contributed by atoms with Crippen LogP contribution in [0.1, 0.15) is 22.6 Å². The Hall–Kier alpha value is -2.42. The minimum Gasteiger partial charge on any atom is -0.380 e. The van der Waals surface area contributed by atoms with Gasteiger partial charge in [-0.2, -0.15) is 0 Å². The lowest BCUT2D eigenvalue weighted by atomic mass is 9.73. The van der Waals surface area contributed by atoms with E-state index in [0.717, 1.165) is 16.7 Å². The van der Waals surface area contributed by atoms with Crippen LogP contribution in [-0.2, 0) is 5.60 Å². The summed E-state index contributed by atoms with van der Waals surface area (Å²) in [5.74, 6) is -0.228. The lowest BCUT2D eigenvalue weighted by Gasteiger charge is -2.37. The highest BCUT2D eigenvalue weighted by molar-refractivity contribution is 5.42. The minimum absolute atomic E-state index is 0.228. The second kappa shape index (κ2) is 6.78. The fourth-order valence-corrected chi connectivity index (χ4v) is 3.19. The molecule has 0 fully saturated rings. The van der Waals surface area contributed by atoms with E-state index in [1.165, 1.54) is 0 Å². The van der Waals surface area contributed by atoms with Crippen LogP contribution in [0.4, 0.5) is 0 Å². The van der Waals surface area contributed by atoms with Gasteiger partial charge in [-0.1, -0.05) is 91.0 Å². The Bertz CT molecular complexity index is 686. The predicted molar refractivity (Wildman–Crippen MR) is 94.1 cm³/mol. The van der Waals surface area contributed by atoms with Crippen LogP contribution in [0.15, 0.2) is 91.0 Å². The standard InChI is InChI=1S/C21H21NO/c22-16-20(17-10-4-1-5-11-17)21(23,18-12-6-2-7-13-18)19-14-8-3-9-15-19/h1-15,20,23H,16,22H2. The summed E-state index contributed by atoms with van der Waals surface area (Å²) in [5.41, 5.74) is 7.67. The molecule has 0 saturated carbocycles. The number of rotatable bonds is 5. The summed E-state index contributed by atoms with van der Waals surface area (Å²) in [5, 5.41) is 11.8. The van der Waals surface area contributed by atoms with Crippen LogP contribution < -0.4 is 5.73 Å². The molecular formula is C21H21NO. The number of benzene rings is 3. The SMILES string of the molecule is NCC(c1ccccc1)C(O)(c1ccccc1)c1ccccc1. The van der Waals surface area contributed by atoms with Crippen molar-refractivity contribution in [2.24, 2.45) is 5.73 Å². The molecule has 116 valence electrons. The van der Waals surface area contributed by atoms with E-state index < -0.39 is 5.60 Å². The van der Waals surface area contributed by atoms with Crippen molar-refractivity contribution in [3.05, 3.63) is 108 Å². The van der Waals surface area contributed by atoms with Gasteiger partial charge in [0.25, 0.3) is 0 Å². The lowest BCUT2D eigenvalue weighted by Crippen LogP contribution is -2.39. The van der Waals surface area contributed by atoms with Gasteiger partial charge in [0, 0.05) is 12.5 Å². The van der Waals surface area contributed by atoms with Gasteiger partial charge >= 0.3 is 0 Å². The molecule has 2 heteroatoms. The molecule has 3 aromatic rings. The first kappa shape index (κ1) is 15.5. The molecule has 2 nitrogen and oxygen atoms in total. The van der Waals surface area contributed by atoms with E-state index in [-0.39, 0.29) is 5.92 Å². The molecule has 1 unspecified atom stereocenters. The van der Waals surface area contributed by atoms with E-state index in [4.69, 9.17) is 5.73 Å². The fourth-order valence-electron chi connectivity index (χ4n) is 3.19. The molecule has 0 radical (unpaired) electrons. The van der Waals surface area contributed by atoms with Gasteiger partial charge in [-0.05, 0) is 16.7 Å². The molecule has 0 aliphatic carbocycles. The molecule has 0 amide bonds. The monoisotopic (exact) mass is 303 g/mol. The molecule has 3 N–H and O–H groups in total. The van der Waals surface area contributed by atoms with Gasteiger partial charge in [0.15, 0.2) is 0 Å². The van der Waals surface area contributed by atoms with Gasteiger partial charge in [0.05, 0.1) is 0 Å². The van der Waals surface area contributed by atoms with Crippen LogP contribution in [0, 0.1) is 0 Å². The van der Waals surface area contributed by atoms with Gasteiger partial charge in [0.1, 0.15) is 5.60 Å². The third kappa shape index (κ3) is 2.91. The molecule has 0 aliphatic rings. The van der Waals surface area contributed by atoms with Gasteiger partial charge in [-0.15, -0.1) is 0 Å². The largest absolute Gasteiger partial charge is 0.380 e. The van der Waals surface area contributed by atoms with E-state index in [2.05, 4.69) is 0 Å². The van der Waals surface area contributed by atoms with Crippen LogP contribution in [0.2, 0.25) is 0 Å². The summed E-state index contributed by atoms with van der Waals surface area (Å²) in [7, 11) is 0. The number of nitrogens with two attached hydrogens (primary N) is 1. The van der Waals surface area contributed by atoms with Crippen LogP contribution in [-0.4, -0.2) is 11.7 Å². The molecule has 0 spiro atoms. The zero-order chi connectivity index (χ0) is 16.1. The molecule has 3 aromatic carbocycles. The van der Waals surface area contributed by atoms with Gasteiger partial charge < -0.3 is 10.8 Å². The number of hydrogen-bond donors (Lipinski definition) is 2. The van der Waals surface area contributed by atoms with Crippen molar-refractivity contribution in [2.45, 2.75) is 11.5 Å². The maximum absolute atomic E-state index is 11.8. The highest BCUT2D eigenvalue weighted by atomic mass is 16.3. The average molecular weight is 303 g/mol. The van der Waals surface area contributed by atoms with Crippen molar-refractivity contribution in [3.63, 3.8) is 0 Å². The zero-order valence-electron chi connectivity index (χ0n) is 13.0. The summed E-state index contributed by atoms with van der Waals surface area (Å²) in [6, 6.07) is 29.5. The Morgan fingerprint density at radius 2 is 1.09 bits per heavy atom. The first-order valence-electron chi connectivity index (χ1n) is 7.85.